The lowest BCUT2D eigenvalue weighted by Gasteiger charge is -2.21. The van der Waals surface area contributed by atoms with Crippen molar-refractivity contribution in [1.29, 1.82) is 0 Å². The molecule has 0 spiro atoms. The number of nitrogens with one attached hydrogen (secondary N) is 3. The van der Waals surface area contributed by atoms with Crippen LogP contribution in [-0.2, 0) is 16.0 Å². The van der Waals surface area contributed by atoms with Gasteiger partial charge < -0.3 is 31.3 Å². The van der Waals surface area contributed by atoms with Crippen LogP contribution in [0.2, 0.25) is 0 Å². The van der Waals surface area contributed by atoms with Gasteiger partial charge in [-0.25, -0.2) is 24.7 Å². The van der Waals surface area contributed by atoms with Crippen molar-refractivity contribution in [2.75, 3.05) is 17.2 Å². The number of nitrogens with zero attached hydrogens (tertiary/aromatic N) is 4. The molecule has 0 aliphatic heterocycles. The van der Waals surface area contributed by atoms with E-state index in [-0.39, 0.29) is 30.9 Å². The zero-order valence-corrected chi connectivity index (χ0v) is 21.1. The zero-order chi connectivity index (χ0) is 27.1. The van der Waals surface area contributed by atoms with Crippen LogP contribution in [0.5, 0.6) is 11.5 Å². The van der Waals surface area contributed by atoms with Crippen molar-refractivity contribution < 1.29 is 24.9 Å². The summed E-state index contributed by atoms with van der Waals surface area (Å²) in [4.78, 5) is 42.2. The van der Waals surface area contributed by atoms with Crippen molar-refractivity contribution in [1.82, 2.24) is 25.3 Å². The van der Waals surface area contributed by atoms with Crippen LogP contribution in [-0.4, -0.2) is 65.8 Å². The average Bonchev–Trinajstić information content (AvgIpc) is 2.78. The summed E-state index contributed by atoms with van der Waals surface area (Å²) in [6.07, 6.45) is -0.180. The molecule has 0 aliphatic rings. The van der Waals surface area contributed by atoms with Gasteiger partial charge in [0.1, 0.15) is 6.04 Å². The molecular formula is C25H31N7O5. The van der Waals surface area contributed by atoms with Gasteiger partial charge in [-0.15, -0.1) is 0 Å². The smallest absolute Gasteiger partial charge is 0.326 e. The number of carbonyl (C=O) groups is 2. The number of aromatic nitrogens is 4. The van der Waals surface area contributed by atoms with Crippen molar-refractivity contribution in [3.8, 4) is 11.5 Å². The van der Waals surface area contributed by atoms with Crippen LogP contribution in [0.1, 0.15) is 34.8 Å². The summed E-state index contributed by atoms with van der Waals surface area (Å²) in [6.45, 7) is 7.61. The Hall–Kier alpha value is -4.48. The standard InChI is InChI=1S/C25H31N7O5/c1-13-7-14(2)28-24(27-13)26-12-18(31-25-29-15(3)8-16(4)30-25)11-22(35)32-19(23(36)37)9-17-5-6-20(33)21(34)10-17/h5-8,10,18-19,33-34H,9,11-12H2,1-4H3,(H,32,35)(H,36,37)(H,26,27,28)(H,29,30,31). The molecular weight excluding hydrogens is 478 g/mol. The highest BCUT2D eigenvalue weighted by atomic mass is 16.4. The molecule has 3 aromatic rings. The molecule has 2 aromatic heterocycles. The third-order valence-electron chi connectivity index (χ3n) is 5.35. The second-order valence-corrected chi connectivity index (χ2v) is 8.86. The fourth-order valence-corrected chi connectivity index (χ4v) is 3.78. The summed E-state index contributed by atoms with van der Waals surface area (Å²) in [6, 6.07) is 5.89. The molecule has 0 radical (unpaired) electrons. The van der Waals surface area contributed by atoms with Crippen molar-refractivity contribution in [3.63, 3.8) is 0 Å². The maximum absolute atomic E-state index is 12.9. The van der Waals surface area contributed by atoms with Gasteiger partial charge in [0.15, 0.2) is 11.5 Å². The molecule has 0 bridgehead atoms. The van der Waals surface area contributed by atoms with Gasteiger partial charge in [0.25, 0.3) is 0 Å². The van der Waals surface area contributed by atoms with E-state index >= 15 is 0 Å². The lowest BCUT2D eigenvalue weighted by Crippen LogP contribution is -2.45. The number of hydrogen-bond acceptors (Lipinski definition) is 10. The van der Waals surface area contributed by atoms with Crippen LogP contribution in [0, 0.1) is 27.7 Å². The molecule has 37 heavy (non-hydrogen) atoms. The number of carboxylic acid groups (broad SMARTS) is 1. The molecule has 196 valence electrons. The van der Waals surface area contributed by atoms with E-state index in [1.54, 1.807) is 0 Å². The first-order valence-corrected chi connectivity index (χ1v) is 11.7. The Morgan fingerprint density at radius 3 is 1.95 bits per heavy atom. The summed E-state index contributed by atoms with van der Waals surface area (Å²) in [5.74, 6) is -1.69. The number of aryl methyl sites for hydroxylation is 4. The number of hydrogen-bond donors (Lipinski definition) is 6. The van der Waals surface area contributed by atoms with Gasteiger partial charge in [0.2, 0.25) is 17.8 Å². The molecule has 2 heterocycles. The van der Waals surface area contributed by atoms with E-state index in [2.05, 4.69) is 35.9 Å². The van der Waals surface area contributed by atoms with E-state index in [4.69, 9.17) is 0 Å². The fourth-order valence-electron chi connectivity index (χ4n) is 3.78. The first-order valence-electron chi connectivity index (χ1n) is 11.7. The van der Waals surface area contributed by atoms with Gasteiger partial charge in [-0.2, -0.15) is 0 Å². The largest absolute Gasteiger partial charge is 0.504 e. The number of phenols is 2. The van der Waals surface area contributed by atoms with Gasteiger partial charge in [0, 0.05) is 42.2 Å². The van der Waals surface area contributed by atoms with Crippen LogP contribution < -0.4 is 16.0 Å². The summed E-state index contributed by atoms with van der Waals surface area (Å²) in [5.41, 5.74) is 3.53. The zero-order valence-electron chi connectivity index (χ0n) is 21.1. The molecule has 3 rings (SSSR count). The van der Waals surface area contributed by atoms with Crippen LogP contribution in [0.25, 0.3) is 0 Å². The van der Waals surface area contributed by atoms with E-state index in [9.17, 15) is 24.9 Å². The molecule has 2 atom stereocenters. The molecule has 1 aromatic carbocycles. The number of benzene rings is 1. The second kappa shape index (κ2) is 12.0. The normalized spacial score (nSPS) is 12.4. The predicted molar refractivity (Wildman–Crippen MR) is 137 cm³/mol. The highest BCUT2D eigenvalue weighted by molar-refractivity contribution is 5.84. The number of aliphatic carboxylic acids is 1. The van der Waals surface area contributed by atoms with Crippen LogP contribution in [0.4, 0.5) is 11.9 Å². The topological polar surface area (TPSA) is 182 Å². The number of anilines is 2. The Balaban J connectivity index is 1.73. The summed E-state index contributed by atoms with van der Waals surface area (Å²) in [5, 5.41) is 37.6. The second-order valence-electron chi connectivity index (χ2n) is 8.86. The van der Waals surface area contributed by atoms with Gasteiger partial charge in [-0.1, -0.05) is 6.07 Å². The minimum atomic E-state index is -1.25. The van der Waals surface area contributed by atoms with Crippen LogP contribution >= 0.6 is 0 Å². The van der Waals surface area contributed by atoms with Gasteiger partial charge in [-0.3, -0.25) is 4.79 Å². The quantitative estimate of drug-likeness (QED) is 0.208. The van der Waals surface area contributed by atoms with Crippen molar-refractivity contribution in [2.24, 2.45) is 0 Å². The SMILES string of the molecule is Cc1cc(C)nc(NCC(CC(=O)NC(Cc2ccc(O)c(O)c2)C(=O)O)Nc2nc(C)cc(C)n2)n1. The maximum atomic E-state index is 12.9. The molecule has 12 heteroatoms. The maximum Gasteiger partial charge on any atom is 0.326 e. The minimum Gasteiger partial charge on any atom is -0.504 e. The number of carboxylic acids is 1. The molecule has 6 N–H and O–H groups in total. The number of phenolic OH excluding ortho intramolecular Hbond substituents is 2. The highest BCUT2D eigenvalue weighted by Gasteiger charge is 2.23. The van der Waals surface area contributed by atoms with Gasteiger partial charge in [0.05, 0.1) is 6.04 Å². The number of carbonyl (C=O) groups excluding carboxylic acids is 1. The van der Waals surface area contributed by atoms with Gasteiger partial charge in [-0.05, 0) is 57.5 Å². The highest BCUT2D eigenvalue weighted by Crippen LogP contribution is 2.25. The lowest BCUT2D eigenvalue weighted by molar-refractivity contribution is -0.141. The van der Waals surface area contributed by atoms with Crippen molar-refractivity contribution in [2.45, 2.75) is 52.6 Å². The molecule has 12 nitrogen and oxygen atoms in total. The summed E-state index contributed by atoms with van der Waals surface area (Å²) in [7, 11) is 0. The third-order valence-corrected chi connectivity index (χ3v) is 5.35. The predicted octanol–water partition coefficient (Wildman–Crippen LogP) is 2.01. The van der Waals surface area contributed by atoms with Crippen molar-refractivity contribution >= 4 is 23.8 Å². The van der Waals surface area contributed by atoms with Crippen LogP contribution in [0.3, 0.4) is 0 Å². The molecule has 0 saturated carbocycles. The number of aromatic hydroxyl groups is 2. The van der Waals surface area contributed by atoms with E-state index in [1.807, 2.05) is 39.8 Å². The number of amides is 1. The molecule has 1 amide bonds. The van der Waals surface area contributed by atoms with E-state index < -0.39 is 24.0 Å². The Morgan fingerprint density at radius 1 is 0.838 bits per heavy atom. The first-order chi connectivity index (χ1) is 17.5. The molecule has 2 unspecified atom stereocenters. The molecule has 0 aliphatic carbocycles. The Kier molecular flexibility index (Phi) is 8.77. The summed E-state index contributed by atoms with van der Waals surface area (Å²) < 4.78 is 0. The lowest BCUT2D eigenvalue weighted by atomic mass is 10.0. The first kappa shape index (κ1) is 27.1. The Labute approximate surface area is 214 Å². The third kappa shape index (κ3) is 8.30. The molecule has 0 saturated heterocycles. The van der Waals surface area contributed by atoms with E-state index in [0.717, 1.165) is 22.8 Å². The molecule has 0 fully saturated rings. The monoisotopic (exact) mass is 509 g/mol. The van der Waals surface area contributed by atoms with E-state index in [1.165, 1.54) is 18.2 Å². The van der Waals surface area contributed by atoms with Crippen molar-refractivity contribution in [3.05, 3.63) is 58.7 Å². The van der Waals surface area contributed by atoms with Crippen LogP contribution in [0.15, 0.2) is 30.3 Å². The van der Waals surface area contributed by atoms with Gasteiger partial charge >= 0.3 is 5.97 Å². The minimum absolute atomic E-state index is 0.0815. The Bertz CT molecular complexity index is 1240. The van der Waals surface area contributed by atoms with E-state index in [0.29, 0.717) is 17.5 Å². The Morgan fingerprint density at radius 2 is 1.41 bits per heavy atom. The fraction of sp³-hybridized carbons (Fsp3) is 0.360. The number of rotatable bonds is 11. The average molecular weight is 510 g/mol. The summed E-state index contributed by atoms with van der Waals surface area (Å²) >= 11 is 0.